The molecule has 206 valence electrons. The van der Waals surface area contributed by atoms with E-state index in [9.17, 15) is 18.0 Å². The molecule has 0 fully saturated rings. The normalized spacial score (nSPS) is 10.9. The van der Waals surface area contributed by atoms with Crippen LogP contribution in [0.4, 0.5) is 24.8 Å². The maximum atomic E-state index is 13.1. The molecule has 1 aromatic carbocycles. The van der Waals surface area contributed by atoms with Crippen molar-refractivity contribution >= 4 is 35.1 Å². The fourth-order valence-electron chi connectivity index (χ4n) is 2.95. The number of nitrogens with two attached hydrogens (primary N) is 1. The average molecular weight is 559 g/mol. The number of aromatic nitrogens is 3. The zero-order chi connectivity index (χ0) is 28.3. The number of nitrogens with one attached hydrogen (secondary N) is 1. The fraction of sp³-hybridized carbons (Fsp3) is 0.348. The van der Waals surface area contributed by atoms with Gasteiger partial charge in [0, 0.05) is 54.2 Å². The Kier molecular flexibility index (Phi) is 11.1. The van der Waals surface area contributed by atoms with Crippen molar-refractivity contribution in [3.8, 4) is 5.75 Å². The predicted molar refractivity (Wildman–Crippen MR) is 132 cm³/mol. The van der Waals surface area contributed by atoms with Crippen LogP contribution in [-0.4, -0.2) is 68.9 Å². The number of nitrogens with zero attached hydrogens (tertiary/aromatic N) is 4. The largest absolute Gasteiger partial charge is 0.492 e. The Morgan fingerprint density at radius 3 is 2.45 bits per heavy atom. The molecule has 38 heavy (non-hydrogen) atoms. The van der Waals surface area contributed by atoms with Gasteiger partial charge in [-0.1, -0.05) is 11.6 Å². The minimum atomic E-state index is -5.08. The van der Waals surface area contributed by atoms with Gasteiger partial charge < -0.3 is 30.3 Å². The molecule has 2 heterocycles. The number of benzene rings is 1. The Morgan fingerprint density at radius 2 is 1.89 bits per heavy atom. The minimum Gasteiger partial charge on any atom is -0.492 e. The molecule has 4 N–H and O–H groups in total. The monoisotopic (exact) mass is 558 g/mol. The number of alkyl halides is 3. The molecule has 1 amide bonds. The summed E-state index contributed by atoms with van der Waals surface area (Å²) in [6.07, 6.45) is -1.25. The van der Waals surface area contributed by atoms with Crippen molar-refractivity contribution in [2.75, 3.05) is 30.7 Å². The molecule has 3 aromatic rings. The molecule has 0 aliphatic carbocycles. The topological polar surface area (TPSA) is 157 Å². The van der Waals surface area contributed by atoms with Crippen molar-refractivity contribution in [3.63, 3.8) is 0 Å². The number of nitrogen functional groups attached to an aromatic ring is 1. The maximum absolute atomic E-state index is 13.1. The van der Waals surface area contributed by atoms with Gasteiger partial charge in [-0.3, -0.25) is 9.78 Å². The number of pyridine rings is 1. The third-order valence-corrected chi connectivity index (χ3v) is 4.89. The number of carbonyl (C=O) groups is 2. The maximum Gasteiger partial charge on any atom is 0.490 e. The first-order valence-corrected chi connectivity index (χ1v) is 11.5. The van der Waals surface area contributed by atoms with E-state index in [1.165, 1.54) is 0 Å². The molecule has 0 saturated heterocycles. The first-order valence-electron chi connectivity index (χ1n) is 11.1. The molecule has 0 bridgehead atoms. The highest BCUT2D eigenvalue weighted by molar-refractivity contribution is 6.31. The van der Waals surface area contributed by atoms with Gasteiger partial charge in [0.05, 0.1) is 0 Å². The molecule has 0 atom stereocenters. The number of rotatable bonds is 10. The van der Waals surface area contributed by atoms with Gasteiger partial charge in [0.2, 0.25) is 5.89 Å². The standard InChI is InChI=1S/C21H25ClN6O3.C2HF3O2/c1-14(2)28(9-5-19-26-21(23)27-31-19)20(29)15-11-16(22)13-18(12-15)30-10-8-25-17-3-6-24-7-4-17;3-2(4,5)1(6)7/h3-4,6-7,11-14H,5,8-10H2,1-2H3,(H2,23,27)(H,24,25);(H,6,7). The smallest absolute Gasteiger partial charge is 0.490 e. The van der Waals surface area contributed by atoms with Gasteiger partial charge in [-0.15, -0.1) is 0 Å². The number of carboxylic acids is 1. The van der Waals surface area contributed by atoms with E-state index in [0.717, 1.165) is 5.69 Å². The van der Waals surface area contributed by atoms with Gasteiger partial charge in [-0.2, -0.15) is 18.2 Å². The van der Waals surface area contributed by atoms with E-state index < -0.39 is 12.1 Å². The van der Waals surface area contributed by atoms with Gasteiger partial charge in [-0.05, 0) is 49.3 Å². The van der Waals surface area contributed by atoms with Crippen LogP contribution < -0.4 is 15.8 Å². The lowest BCUT2D eigenvalue weighted by atomic mass is 10.1. The second-order valence-corrected chi connectivity index (χ2v) is 8.31. The zero-order valence-corrected chi connectivity index (χ0v) is 21.2. The Hall–Kier alpha value is -4.07. The minimum absolute atomic E-state index is 0.0410. The zero-order valence-electron chi connectivity index (χ0n) is 20.4. The summed E-state index contributed by atoms with van der Waals surface area (Å²) in [7, 11) is 0. The summed E-state index contributed by atoms with van der Waals surface area (Å²) in [5.74, 6) is -1.93. The number of hydrogen-bond acceptors (Lipinski definition) is 9. The summed E-state index contributed by atoms with van der Waals surface area (Å²) in [6, 6.07) is 8.72. The summed E-state index contributed by atoms with van der Waals surface area (Å²) in [6.45, 7) is 5.27. The second-order valence-electron chi connectivity index (χ2n) is 7.88. The lowest BCUT2D eigenvalue weighted by Gasteiger charge is -2.26. The van der Waals surface area contributed by atoms with Gasteiger partial charge in [0.1, 0.15) is 12.4 Å². The predicted octanol–water partition coefficient (Wildman–Crippen LogP) is 3.92. The van der Waals surface area contributed by atoms with Gasteiger partial charge >= 0.3 is 12.1 Å². The summed E-state index contributed by atoms with van der Waals surface area (Å²) in [4.78, 5) is 31.7. The van der Waals surface area contributed by atoms with Crippen molar-refractivity contribution < 1.29 is 37.1 Å². The second kappa shape index (κ2) is 14.0. The van der Waals surface area contributed by atoms with E-state index in [1.807, 2.05) is 26.0 Å². The van der Waals surface area contributed by atoms with Gasteiger partial charge in [0.15, 0.2) is 0 Å². The van der Waals surface area contributed by atoms with Crippen LogP contribution in [0.3, 0.4) is 0 Å². The summed E-state index contributed by atoms with van der Waals surface area (Å²) >= 11 is 6.24. The molecular formula is C23H26ClF3N6O5. The highest BCUT2D eigenvalue weighted by Gasteiger charge is 2.38. The number of hydrogen-bond donors (Lipinski definition) is 3. The van der Waals surface area contributed by atoms with E-state index in [4.69, 9.17) is 36.5 Å². The Morgan fingerprint density at radius 1 is 1.24 bits per heavy atom. The van der Waals surface area contributed by atoms with Crippen molar-refractivity contribution in [3.05, 3.63) is 59.2 Å². The Labute approximate surface area is 220 Å². The lowest BCUT2D eigenvalue weighted by molar-refractivity contribution is -0.192. The van der Waals surface area contributed by atoms with Crippen LogP contribution in [0.15, 0.2) is 47.2 Å². The average Bonchev–Trinajstić information content (AvgIpc) is 3.26. The molecule has 0 aliphatic rings. The third-order valence-electron chi connectivity index (χ3n) is 4.68. The number of carboxylic acid groups (broad SMARTS) is 1. The number of amides is 1. The lowest BCUT2D eigenvalue weighted by Crippen LogP contribution is -2.38. The first-order chi connectivity index (χ1) is 17.9. The van der Waals surface area contributed by atoms with Crippen molar-refractivity contribution in [1.29, 1.82) is 0 Å². The highest BCUT2D eigenvalue weighted by Crippen LogP contribution is 2.23. The molecule has 0 radical (unpaired) electrons. The van der Waals surface area contributed by atoms with Gasteiger partial charge in [-0.25, -0.2) is 4.79 Å². The third kappa shape index (κ3) is 10.1. The highest BCUT2D eigenvalue weighted by atomic mass is 35.5. The number of anilines is 2. The first kappa shape index (κ1) is 30.2. The van der Waals surface area contributed by atoms with E-state index in [2.05, 4.69) is 20.4 Å². The molecule has 15 heteroatoms. The fourth-order valence-corrected chi connectivity index (χ4v) is 3.17. The number of aliphatic carboxylic acids is 1. The number of halogens is 4. The Bertz CT molecular complexity index is 1190. The molecule has 11 nitrogen and oxygen atoms in total. The van der Waals surface area contributed by atoms with Crippen LogP contribution in [0.5, 0.6) is 5.75 Å². The van der Waals surface area contributed by atoms with Crippen molar-refractivity contribution in [2.45, 2.75) is 32.5 Å². The number of carbonyl (C=O) groups excluding carboxylic acids is 1. The van der Waals surface area contributed by atoms with Gasteiger partial charge in [0.25, 0.3) is 11.9 Å². The molecular weight excluding hydrogens is 533 g/mol. The molecule has 0 aliphatic heterocycles. The van der Waals surface area contributed by atoms with E-state index in [-0.39, 0.29) is 17.9 Å². The summed E-state index contributed by atoms with van der Waals surface area (Å²) < 4.78 is 42.6. The summed E-state index contributed by atoms with van der Waals surface area (Å²) in [5, 5.41) is 14.4. The number of ether oxygens (including phenoxy) is 1. The molecule has 2 aromatic heterocycles. The SMILES string of the molecule is CC(C)N(CCc1nc(N)no1)C(=O)c1cc(Cl)cc(OCCNc2ccncc2)c1.O=C(O)C(F)(F)F. The van der Waals surface area contributed by atoms with E-state index in [1.54, 1.807) is 35.5 Å². The van der Waals surface area contributed by atoms with Crippen LogP contribution in [0, 0.1) is 0 Å². The quantitative estimate of drug-likeness (QED) is 0.311. The van der Waals surface area contributed by atoms with Crippen molar-refractivity contribution in [2.24, 2.45) is 0 Å². The van der Waals surface area contributed by atoms with E-state index >= 15 is 0 Å². The molecule has 0 unspecified atom stereocenters. The van der Waals surface area contributed by atoms with Crippen LogP contribution in [0.1, 0.15) is 30.1 Å². The molecule has 3 rings (SSSR count). The Balaban J connectivity index is 0.000000638. The van der Waals surface area contributed by atoms with E-state index in [0.29, 0.717) is 48.3 Å². The van der Waals surface area contributed by atoms with Crippen LogP contribution in [-0.2, 0) is 11.2 Å². The molecule has 0 spiro atoms. The molecule has 0 saturated carbocycles. The van der Waals surface area contributed by atoms with Crippen LogP contribution in [0.25, 0.3) is 0 Å². The van der Waals surface area contributed by atoms with Crippen LogP contribution >= 0.6 is 11.6 Å². The van der Waals surface area contributed by atoms with Crippen LogP contribution in [0.2, 0.25) is 5.02 Å². The van der Waals surface area contributed by atoms with Crippen molar-refractivity contribution in [1.82, 2.24) is 20.0 Å². The summed E-state index contributed by atoms with van der Waals surface area (Å²) in [5.41, 5.74) is 6.88.